The van der Waals surface area contributed by atoms with Crippen LogP contribution in [0.4, 0.5) is 10.5 Å². The van der Waals surface area contributed by atoms with Gasteiger partial charge >= 0.3 is 12.1 Å². The molecular weight excluding hydrogens is 654 g/mol. The van der Waals surface area contributed by atoms with Crippen LogP contribution in [0.3, 0.4) is 0 Å². The van der Waals surface area contributed by atoms with Crippen LogP contribution < -0.4 is 10.6 Å². The molecular formula is C42H43N5O5. The van der Waals surface area contributed by atoms with Crippen molar-refractivity contribution in [3.05, 3.63) is 144 Å². The Morgan fingerprint density at radius 1 is 0.885 bits per heavy atom. The second-order valence-electron chi connectivity index (χ2n) is 13.8. The molecule has 6 rings (SSSR count). The number of carbonyl (C=O) groups is 3. The number of carboxylic acid groups (broad SMARTS) is 1. The van der Waals surface area contributed by atoms with E-state index < -0.39 is 29.7 Å². The van der Waals surface area contributed by atoms with E-state index in [0.29, 0.717) is 40.3 Å². The number of carboxylic acids is 1. The molecule has 0 unspecified atom stereocenters. The predicted molar refractivity (Wildman–Crippen MR) is 202 cm³/mol. The average Bonchev–Trinajstić information content (AvgIpc) is 3.60. The van der Waals surface area contributed by atoms with E-state index in [1.54, 1.807) is 39.0 Å². The number of nitrogens with zero attached hydrogens (tertiary/aromatic N) is 3. The van der Waals surface area contributed by atoms with Crippen LogP contribution >= 0.6 is 0 Å². The van der Waals surface area contributed by atoms with Crippen LogP contribution in [-0.2, 0) is 20.9 Å². The fraction of sp³-hybridized carbons (Fsp3) is 0.262. The Balaban J connectivity index is 1.40. The number of pyridine rings is 1. The van der Waals surface area contributed by atoms with E-state index >= 15 is 0 Å². The van der Waals surface area contributed by atoms with Crippen molar-refractivity contribution in [3.63, 3.8) is 0 Å². The van der Waals surface area contributed by atoms with Gasteiger partial charge in [-0.25, -0.2) is 9.59 Å². The van der Waals surface area contributed by atoms with Crippen molar-refractivity contribution in [3.8, 4) is 0 Å². The molecule has 4 aromatic carbocycles. The Labute approximate surface area is 303 Å². The maximum Gasteiger partial charge on any atom is 0.408 e. The number of para-hydroxylation sites is 2. The molecule has 2 heterocycles. The highest BCUT2D eigenvalue weighted by atomic mass is 16.6. The number of hydrogen-bond acceptors (Lipinski definition) is 7. The van der Waals surface area contributed by atoms with Gasteiger partial charge in [-0.05, 0) is 63.9 Å². The monoisotopic (exact) mass is 697 g/mol. The quantitative estimate of drug-likeness (QED) is 0.123. The number of likely N-dealkylation sites (tertiary alicyclic amines) is 1. The highest BCUT2D eigenvalue weighted by Gasteiger charge is 2.35. The topological polar surface area (TPSA) is 133 Å². The van der Waals surface area contributed by atoms with Gasteiger partial charge < -0.3 is 20.5 Å². The highest BCUT2D eigenvalue weighted by molar-refractivity contribution is 6.17. The SMILES string of the molecule is CC(C)(C)OC(=O)N[C@H](c1ccc2ccccc2n1)[C@@H](N=C(c1ccccc1)c1ccccc1NC(=O)[C@H]1CCCN1Cc1ccccc1)C(=O)O. The van der Waals surface area contributed by atoms with E-state index in [1.165, 1.54) is 0 Å². The maximum atomic E-state index is 13.9. The largest absolute Gasteiger partial charge is 0.480 e. The van der Waals surface area contributed by atoms with E-state index in [4.69, 9.17) is 14.7 Å². The molecule has 5 aromatic rings. The number of benzene rings is 4. The molecule has 1 fully saturated rings. The van der Waals surface area contributed by atoms with Crippen LogP contribution in [0.2, 0.25) is 0 Å². The number of hydrogen-bond donors (Lipinski definition) is 3. The second-order valence-corrected chi connectivity index (χ2v) is 13.8. The molecule has 3 N–H and O–H groups in total. The van der Waals surface area contributed by atoms with Gasteiger partial charge in [0.15, 0.2) is 6.04 Å². The first-order chi connectivity index (χ1) is 25.1. The molecule has 10 heteroatoms. The molecule has 52 heavy (non-hydrogen) atoms. The van der Waals surface area contributed by atoms with Crippen molar-refractivity contribution in [1.29, 1.82) is 0 Å². The van der Waals surface area contributed by atoms with Gasteiger partial charge in [0.1, 0.15) is 11.6 Å². The van der Waals surface area contributed by atoms with Crippen molar-refractivity contribution in [2.24, 2.45) is 4.99 Å². The number of aliphatic carboxylic acids is 1. The van der Waals surface area contributed by atoms with E-state index in [1.807, 2.05) is 91.0 Å². The fourth-order valence-electron chi connectivity index (χ4n) is 6.46. The standard InChI is InChI=1S/C42H43N5O5/c1-42(2,3)52-41(51)46-37(34-25-24-29-17-10-12-21-32(29)43-34)38(40(49)50)45-36(30-18-8-5-9-19-30)31-20-11-13-22-33(31)44-39(48)35-23-14-26-47(35)27-28-15-6-4-7-16-28/h4-13,15-22,24-25,35,37-38H,14,23,26-27H2,1-3H3,(H,44,48)(H,46,51)(H,49,50)/t35-,37-,38-/m1/s1. The molecule has 0 saturated carbocycles. The number of rotatable bonds is 11. The van der Waals surface area contributed by atoms with Crippen molar-refractivity contribution in [2.75, 3.05) is 11.9 Å². The molecule has 10 nitrogen and oxygen atoms in total. The number of anilines is 1. The summed E-state index contributed by atoms with van der Waals surface area (Å²) in [5.41, 5.74) is 3.21. The zero-order chi connectivity index (χ0) is 36.7. The summed E-state index contributed by atoms with van der Waals surface area (Å²) >= 11 is 0. The summed E-state index contributed by atoms with van der Waals surface area (Å²) in [7, 11) is 0. The van der Waals surface area contributed by atoms with E-state index in [9.17, 15) is 19.5 Å². The number of nitrogens with one attached hydrogen (secondary N) is 2. The number of aliphatic imine (C=N–C) groups is 1. The van der Waals surface area contributed by atoms with E-state index in [-0.39, 0.29) is 11.9 Å². The number of amides is 2. The third-order valence-corrected chi connectivity index (χ3v) is 8.83. The van der Waals surface area contributed by atoms with Crippen LogP contribution in [0.15, 0.2) is 126 Å². The van der Waals surface area contributed by atoms with Gasteiger partial charge in [0.2, 0.25) is 5.91 Å². The summed E-state index contributed by atoms with van der Waals surface area (Å²) in [6.07, 6.45) is 0.816. The fourth-order valence-corrected chi connectivity index (χ4v) is 6.46. The van der Waals surface area contributed by atoms with Crippen molar-refractivity contribution >= 4 is 40.3 Å². The third-order valence-electron chi connectivity index (χ3n) is 8.83. The Morgan fingerprint density at radius 3 is 2.29 bits per heavy atom. The lowest BCUT2D eigenvalue weighted by atomic mass is 9.98. The minimum atomic E-state index is -1.55. The molecule has 0 radical (unpaired) electrons. The van der Waals surface area contributed by atoms with Gasteiger partial charge in [0, 0.05) is 23.1 Å². The number of carbonyl (C=O) groups excluding carboxylic acids is 2. The zero-order valence-corrected chi connectivity index (χ0v) is 29.5. The minimum Gasteiger partial charge on any atom is -0.480 e. The first kappa shape index (κ1) is 35.9. The van der Waals surface area contributed by atoms with Gasteiger partial charge in [0.05, 0.1) is 28.7 Å². The van der Waals surface area contributed by atoms with Crippen LogP contribution in [0.25, 0.3) is 10.9 Å². The number of aromatic nitrogens is 1. The lowest BCUT2D eigenvalue weighted by molar-refractivity contribution is -0.139. The van der Waals surface area contributed by atoms with Crippen LogP contribution in [0, 0.1) is 0 Å². The van der Waals surface area contributed by atoms with Crippen molar-refractivity contribution in [1.82, 2.24) is 15.2 Å². The van der Waals surface area contributed by atoms with Crippen LogP contribution in [0.5, 0.6) is 0 Å². The lowest BCUT2D eigenvalue weighted by Gasteiger charge is -2.27. The maximum absolute atomic E-state index is 13.9. The van der Waals surface area contributed by atoms with Crippen LogP contribution in [0.1, 0.15) is 62.0 Å². The zero-order valence-electron chi connectivity index (χ0n) is 29.5. The Hall–Kier alpha value is -5.87. The molecule has 3 atom stereocenters. The molecule has 1 aliphatic heterocycles. The molecule has 1 aromatic heterocycles. The van der Waals surface area contributed by atoms with Crippen molar-refractivity contribution < 1.29 is 24.2 Å². The first-order valence-corrected chi connectivity index (χ1v) is 17.5. The van der Waals surface area contributed by atoms with Crippen LogP contribution in [-0.4, -0.2) is 62.9 Å². The highest BCUT2D eigenvalue weighted by Crippen LogP contribution is 2.28. The molecule has 1 aliphatic rings. The summed E-state index contributed by atoms with van der Waals surface area (Å²) < 4.78 is 5.57. The Morgan fingerprint density at radius 2 is 1.56 bits per heavy atom. The average molecular weight is 698 g/mol. The summed E-state index contributed by atoms with van der Waals surface area (Å²) in [6, 6.07) is 34.4. The third kappa shape index (κ3) is 8.88. The number of ether oxygens (including phenoxy) is 1. The molecule has 266 valence electrons. The minimum absolute atomic E-state index is 0.145. The second kappa shape index (κ2) is 16.0. The Kier molecular flexibility index (Phi) is 11.1. The van der Waals surface area contributed by atoms with E-state index in [0.717, 1.165) is 30.3 Å². The molecule has 1 saturated heterocycles. The summed E-state index contributed by atoms with van der Waals surface area (Å²) in [5.74, 6) is -1.43. The smallest absolute Gasteiger partial charge is 0.408 e. The summed E-state index contributed by atoms with van der Waals surface area (Å²) in [4.78, 5) is 52.3. The van der Waals surface area contributed by atoms with Gasteiger partial charge in [-0.15, -0.1) is 0 Å². The van der Waals surface area contributed by atoms with E-state index in [2.05, 4.69) is 27.7 Å². The van der Waals surface area contributed by atoms with Gasteiger partial charge in [-0.3, -0.25) is 19.7 Å². The number of fused-ring (bicyclic) bond motifs is 1. The lowest BCUT2D eigenvalue weighted by Crippen LogP contribution is -2.42. The van der Waals surface area contributed by atoms with Gasteiger partial charge in [0.25, 0.3) is 0 Å². The number of alkyl carbamates (subject to hydrolysis) is 1. The Bertz CT molecular complexity index is 2060. The predicted octanol–water partition coefficient (Wildman–Crippen LogP) is 7.39. The normalized spacial score (nSPS) is 16.2. The van der Waals surface area contributed by atoms with Gasteiger partial charge in [-0.1, -0.05) is 103 Å². The van der Waals surface area contributed by atoms with Crippen molar-refractivity contribution in [2.45, 2.75) is 63.9 Å². The summed E-state index contributed by atoms with van der Waals surface area (Å²) in [6.45, 7) is 6.66. The van der Waals surface area contributed by atoms with Gasteiger partial charge in [-0.2, -0.15) is 0 Å². The molecule has 0 aliphatic carbocycles. The summed E-state index contributed by atoms with van der Waals surface area (Å²) in [5, 5.41) is 17.6. The first-order valence-electron chi connectivity index (χ1n) is 17.5. The molecule has 0 bridgehead atoms. The molecule has 0 spiro atoms. The molecule has 2 amide bonds.